The fourth-order valence-electron chi connectivity index (χ4n) is 3.81. The number of hydroxylamine groups is 1. The van der Waals surface area contributed by atoms with Crippen LogP contribution in [-0.4, -0.2) is 53.1 Å². The minimum atomic E-state index is -4.62. The first kappa shape index (κ1) is 27.1. The second-order valence-corrected chi connectivity index (χ2v) is 10.0. The van der Waals surface area contributed by atoms with Gasteiger partial charge in [0.1, 0.15) is 10.5 Å². The summed E-state index contributed by atoms with van der Waals surface area (Å²) < 4.78 is 68.8. The predicted octanol–water partition coefficient (Wildman–Crippen LogP) is 4.34. The van der Waals surface area contributed by atoms with Gasteiger partial charge in [0.15, 0.2) is 0 Å². The SMILES string of the molecule is COC(C)CCOc1ccc(-c2ccc(S(=O)C3(C(=O)NO)CCOCC3)cc2)cc1C(F)(F)F. The first-order chi connectivity index (χ1) is 16.6. The first-order valence-electron chi connectivity index (χ1n) is 11.0. The Morgan fingerprint density at radius 1 is 1.17 bits per heavy atom. The average Bonchev–Trinajstić information content (AvgIpc) is 2.87. The third kappa shape index (κ3) is 6.21. The van der Waals surface area contributed by atoms with E-state index in [2.05, 4.69) is 0 Å². The molecule has 11 heteroatoms. The molecule has 0 spiro atoms. The normalized spacial score (nSPS) is 17.4. The van der Waals surface area contributed by atoms with Crippen LogP contribution in [0.3, 0.4) is 0 Å². The molecule has 0 saturated carbocycles. The van der Waals surface area contributed by atoms with Crippen LogP contribution in [0, 0.1) is 0 Å². The molecule has 0 radical (unpaired) electrons. The molecule has 0 aliphatic carbocycles. The molecule has 2 atom stereocenters. The number of hydrogen-bond donors (Lipinski definition) is 2. The number of nitrogens with one attached hydrogen (secondary N) is 1. The standard InChI is InChI=1S/C24H28F3NO6S/c1-16(32-2)9-12-34-21-8-5-18(15-20(21)24(25,26)27)17-3-6-19(7-4-17)35(31)23(22(29)28-30)10-13-33-14-11-23/h3-8,15-16,30H,9-14H2,1-2H3,(H,28,29). The van der Waals surface area contributed by atoms with Gasteiger partial charge in [-0.2, -0.15) is 13.2 Å². The lowest BCUT2D eigenvalue weighted by Crippen LogP contribution is -2.52. The van der Waals surface area contributed by atoms with Crippen molar-refractivity contribution in [3.8, 4) is 16.9 Å². The van der Waals surface area contributed by atoms with Crippen LogP contribution < -0.4 is 10.2 Å². The van der Waals surface area contributed by atoms with Crippen molar-refractivity contribution >= 4 is 16.7 Å². The summed E-state index contributed by atoms with van der Waals surface area (Å²) in [7, 11) is -0.296. The van der Waals surface area contributed by atoms with Gasteiger partial charge >= 0.3 is 6.18 Å². The highest BCUT2D eigenvalue weighted by Crippen LogP contribution is 2.39. The number of hydrogen-bond acceptors (Lipinski definition) is 6. The fourth-order valence-corrected chi connectivity index (χ4v) is 5.39. The number of ether oxygens (including phenoxy) is 3. The number of amides is 1. The van der Waals surface area contributed by atoms with Crippen LogP contribution in [0.25, 0.3) is 11.1 Å². The summed E-state index contributed by atoms with van der Waals surface area (Å²) in [5, 5.41) is 9.17. The van der Waals surface area contributed by atoms with E-state index in [1.807, 2.05) is 0 Å². The summed E-state index contributed by atoms with van der Waals surface area (Å²) >= 11 is 0. The van der Waals surface area contributed by atoms with Crippen LogP contribution in [0.4, 0.5) is 13.2 Å². The van der Waals surface area contributed by atoms with Gasteiger partial charge in [-0.25, -0.2) is 5.48 Å². The maximum atomic E-state index is 13.7. The Morgan fingerprint density at radius 2 is 1.80 bits per heavy atom. The van der Waals surface area contributed by atoms with E-state index in [4.69, 9.17) is 19.4 Å². The predicted molar refractivity (Wildman–Crippen MR) is 123 cm³/mol. The van der Waals surface area contributed by atoms with E-state index in [1.54, 1.807) is 24.5 Å². The van der Waals surface area contributed by atoms with Gasteiger partial charge in [0.25, 0.3) is 5.91 Å². The summed E-state index contributed by atoms with van der Waals surface area (Å²) in [6.07, 6.45) is -4.00. The van der Waals surface area contributed by atoms with Gasteiger partial charge in [0, 0.05) is 31.6 Å². The summed E-state index contributed by atoms with van der Waals surface area (Å²) in [5.41, 5.74) is 1.49. The molecule has 1 aliphatic rings. The number of carbonyl (C=O) groups is 1. The molecule has 2 aromatic rings. The molecule has 2 aromatic carbocycles. The number of alkyl halides is 3. The zero-order valence-corrected chi connectivity index (χ0v) is 20.2. The molecule has 2 unspecified atom stereocenters. The first-order valence-corrected chi connectivity index (χ1v) is 12.2. The average molecular weight is 516 g/mol. The van der Waals surface area contributed by atoms with Crippen molar-refractivity contribution in [3.05, 3.63) is 48.0 Å². The Kier molecular flexibility index (Phi) is 8.92. The van der Waals surface area contributed by atoms with Crippen molar-refractivity contribution in [3.63, 3.8) is 0 Å². The number of methoxy groups -OCH3 is 1. The van der Waals surface area contributed by atoms with Gasteiger partial charge < -0.3 is 14.2 Å². The molecule has 1 fully saturated rings. The molecule has 35 heavy (non-hydrogen) atoms. The van der Waals surface area contributed by atoms with E-state index >= 15 is 0 Å². The molecule has 1 heterocycles. The van der Waals surface area contributed by atoms with E-state index in [0.717, 1.165) is 6.07 Å². The molecular weight excluding hydrogens is 487 g/mol. The molecule has 7 nitrogen and oxygen atoms in total. The number of rotatable bonds is 9. The summed E-state index contributed by atoms with van der Waals surface area (Å²) in [5.74, 6) is -1.02. The van der Waals surface area contributed by atoms with Gasteiger partial charge in [-0.1, -0.05) is 18.2 Å². The summed E-state index contributed by atoms with van der Waals surface area (Å²) in [4.78, 5) is 12.7. The van der Waals surface area contributed by atoms with Gasteiger partial charge in [0.05, 0.1) is 29.1 Å². The van der Waals surface area contributed by atoms with Gasteiger partial charge in [-0.15, -0.1) is 0 Å². The van der Waals surface area contributed by atoms with Crippen molar-refractivity contribution in [2.45, 2.75) is 48.1 Å². The summed E-state index contributed by atoms with van der Waals surface area (Å²) in [6, 6.07) is 9.94. The lowest BCUT2D eigenvalue weighted by atomic mass is 9.98. The van der Waals surface area contributed by atoms with E-state index in [9.17, 15) is 22.2 Å². The van der Waals surface area contributed by atoms with Crippen molar-refractivity contribution in [2.24, 2.45) is 0 Å². The van der Waals surface area contributed by atoms with Gasteiger partial charge in [0.2, 0.25) is 0 Å². The zero-order chi connectivity index (χ0) is 25.6. The number of halogens is 3. The van der Waals surface area contributed by atoms with Crippen LogP contribution >= 0.6 is 0 Å². The molecule has 1 amide bonds. The molecule has 0 aromatic heterocycles. The van der Waals surface area contributed by atoms with E-state index in [-0.39, 0.29) is 44.5 Å². The number of benzene rings is 2. The molecule has 1 saturated heterocycles. The molecule has 2 N–H and O–H groups in total. The highest BCUT2D eigenvalue weighted by molar-refractivity contribution is 7.87. The lowest BCUT2D eigenvalue weighted by Gasteiger charge is -2.33. The van der Waals surface area contributed by atoms with Gasteiger partial charge in [-0.3, -0.25) is 14.2 Å². The maximum absolute atomic E-state index is 13.7. The largest absolute Gasteiger partial charge is 0.493 e. The van der Waals surface area contributed by atoms with E-state index < -0.39 is 33.2 Å². The van der Waals surface area contributed by atoms with Crippen LogP contribution in [0.5, 0.6) is 5.75 Å². The third-order valence-electron chi connectivity index (χ3n) is 6.04. The van der Waals surface area contributed by atoms with Crippen LogP contribution in [0.2, 0.25) is 0 Å². The second-order valence-electron chi connectivity index (χ2n) is 8.23. The molecule has 192 valence electrons. The van der Waals surface area contributed by atoms with Crippen molar-refractivity contribution in [1.29, 1.82) is 0 Å². The molecule has 3 rings (SSSR count). The lowest BCUT2D eigenvalue weighted by molar-refractivity contribution is -0.139. The van der Waals surface area contributed by atoms with Crippen LogP contribution in [0.15, 0.2) is 47.4 Å². The summed E-state index contributed by atoms with van der Waals surface area (Å²) in [6.45, 7) is 2.31. The second kappa shape index (κ2) is 11.5. The fraction of sp³-hybridized carbons (Fsp3) is 0.458. The Hall–Kier alpha value is -2.47. The number of carbonyl (C=O) groups excluding carboxylic acids is 1. The topological polar surface area (TPSA) is 94.1 Å². The zero-order valence-electron chi connectivity index (χ0n) is 19.4. The van der Waals surface area contributed by atoms with Crippen LogP contribution in [-0.2, 0) is 31.2 Å². The highest BCUT2D eigenvalue weighted by Gasteiger charge is 2.46. The molecular formula is C24H28F3NO6S. The quantitative estimate of drug-likeness (QED) is 0.381. The Bertz CT molecular complexity index is 1040. The van der Waals surface area contributed by atoms with E-state index in [1.165, 1.54) is 31.4 Å². The molecule has 0 bridgehead atoms. The van der Waals surface area contributed by atoms with E-state index in [0.29, 0.717) is 22.4 Å². The minimum absolute atomic E-state index is 0.0755. The van der Waals surface area contributed by atoms with Crippen molar-refractivity contribution in [1.82, 2.24) is 5.48 Å². The van der Waals surface area contributed by atoms with Gasteiger partial charge in [-0.05, 0) is 55.2 Å². The maximum Gasteiger partial charge on any atom is 0.419 e. The highest BCUT2D eigenvalue weighted by atomic mass is 32.2. The monoisotopic (exact) mass is 515 g/mol. The van der Waals surface area contributed by atoms with Crippen molar-refractivity contribution < 1.29 is 41.6 Å². The Balaban J connectivity index is 1.85. The van der Waals surface area contributed by atoms with Crippen LogP contribution in [0.1, 0.15) is 31.7 Å². The smallest absolute Gasteiger partial charge is 0.419 e. The Labute approximate surface area is 204 Å². The van der Waals surface area contributed by atoms with Crippen molar-refractivity contribution in [2.75, 3.05) is 26.9 Å². The molecule has 1 aliphatic heterocycles. The minimum Gasteiger partial charge on any atom is -0.493 e. The Morgan fingerprint density at radius 3 is 2.37 bits per heavy atom. The third-order valence-corrected chi connectivity index (χ3v) is 8.05.